The van der Waals surface area contributed by atoms with Crippen molar-refractivity contribution in [3.8, 4) is 0 Å². The lowest BCUT2D eigenvalue weighted by atomic mass is 10.2. The Hall–Kier alpha value is -1.71. The van der Waals surface area contributed by atoms with Crippen LogP contribution in [0.25, 0.3) is 0 Å². The maximum atomic E-state index is 13.3. The number of nitrogens with zero attached hydrogens (tertiary/aromatic N) is 2. The minimum Gasteiger partial charge on any atom is -0.333 e. The summed E-state index contributed by atoms with van der Waals surface area (Å²) in [6.07, 6.45) is 0.724. The van der Waals surface area contributed by atoms with Gasteiger partial charge in [-0.15, -0.1) is 22.7 Å². The Kier molecular flexibility index (Phi) is 7.13. The van der Waals surface area contributed by atoms with Gasteiger partial charge in [0.15, 0.2) is 0 Å². The van der Waals surface area contributed by atoms with E-state index in [1.165, 1.54) is 37.2 Å². The second kappa shape index (κ2) is 9.40. The van der Waals surface area contributed by atoms with Crippen LogP contribution in [-0.2, 0) is 23.0 Å². The lowest BCUT2D eigenvalue weighted by molar-refractivity contribution is 0.0747. The lowest BCUT2D eigenvalue weighted by Crippen LogP contribution is -2.32. The SMILES string of the molecule is CN(C)S(=O)(=O)c1ccc(Cl)c(C(=O)N(CCc2cccs2)Cc2cccs2)c1. The largest absolute Gasteiger partial charge is 0.333 e. The quantitative estimate of drug-likeness (QED) is 0.485. The van der Waals surface area contributed by atoms with E-state index in [1.54, 1.807) is 27.6 Å². The Balaban J connectivity index is 1.91. The molecule has 154 valence electrons. The van der Waals surface area contributed by atoms with E-state index in [0.29, 0.717) is 13.1 Å². The molecule has 1 aromatic carbocycles. The summed E-state index contributed by atoms with van der Waals surface area (Å²) < 4.78 is 26.1. The fraction of sp³-hybridized carbons (Fsp3) is 0.250. The molecule has 0 aliphatic rings. The summed E-state index contributed by atoms with van der Waals surface area (Å²) in [6.45, 7) is 0.959. The molecule has 5 nitrogen and oxygen atoms in total. The maximum absolute atomic E-state index is 13.3. The lowest BCUT2D eigenvalue weighted by Gasteiger charge is -2.23. The van der Waals surface area contributed by atoms with Crippen molar-refractivity contribution in [2.45, 2.75) is 17.9 Å². The van der Waals surface area contributed by atoms with Gasteiger partial charge in [-0.2, -0.15) is 0 Å². The highest BCUT2D eigenvalue weighted by Crippen LogP contribution is 2.25. The molecular weight excluding hydrogens is 448 g/mol. The first-order valence-corrected chi connectivity index (χ1v) is 12.4. The smallest absolute Gasteiger partial charge is 0.255 e. The first-order chi connectivity index (χ1) is 13.8. The number of carbonyl (C=O) groups is 1. The standard InChI is InChI=1S/C20H21ClN2O3S3/c1-22(2)29(25,26)17-7-8-19(21)18(13-17)20(24)23(14-16-6-4-12-28-16)10-9-15-5-3-11-27-15/h3-8,11-13H,9-10,14H2,1-2H3. The van der Waals surface area contributed by atoms with E-state index in [2.05, 4.69) is 0 Å². The Morgan fingerprint density at radius 1 is 1.03 bits per heavy atom. The number of carbonyl (C=O) groups excluding carboxylic acids is 1. The summed E-state index contributed by atoms with van der Waals surface area (Å²) in [7, 11) is -0.758. The zero-order valence-electron chi connectivity index (χ0n) is 16.0. The van der Waals surface area contributed by atoms with Crippen molar-refractivity contribution in [2.75, 3.05) is 20.6 Å². The van der Waals surface area contributed by atoms with E-state index >= 15 is 0 Å². The molecule has 3 rings (SSSR count). The van der Waals surface area contributed by atoms with Crippen LogP contribution in [0, 0.1) is 0 Å². The molecule has 0 unspecified atom stereocenters. The van der Waals surface area contributed by atoms with E-state index in [9.17, 15) is 13.2 Å². The Morgan fingerprint density at radius 2 is 1.69 bits per heavy atom. The second-order valence-electron chi connectivity index (χ2n) is 6.56. The van der Waals surface area contributed by atoms with Crippen LogP contribution in [0.4, 0.5) is 0 Å². The molecule has 0 radical (unpaired) electrons. The third-order valence-electron chi connectivity index (χ3n) is 4.37. The molecule has 0 N–H and O–H groups in total. The van der Waals surface area contributed by atoms with Crippen LogP contribution in [0.2, 0.25) is 5.02 Å². The molecule has 0 atom stereocenters. The molecular formula is C20H21ClN2O3S3. The van der Waals surface area contributed by atoms with Gasteiger partial charge >= 0.3 is 0 Å². The van der Waals surface area contributed by atoms with Crippen molar-refractivity contribution in [3.63, 3.8) is 0 Å². The predicted octanol–water partition coefficient (Wildman–Crippen LogP) is 4.60. The van der Waals surface area contributed by atoms with Crippen molar-refractivity contribution < 1.29 is 13.2 Å². The number of benzene rings is 1. The topological polar surface area (TPSA) is 57.7 Å². The molecule has 2 heterocycles. The van der Waals surface area contributed by atoms with Gasteiger partial charge in [-0.3, -0.25) is 4.79 Å². The van der Waals surface area contributed by atoms with E-state index in [4.69, 9.17) is 11.6 Å². The fourth-order valence-corrected chi connectivity index (χ4v) is 5.30. The number of hydrogen-bond donors (Lipinski definition) is 0. The minimum atomic E-state index is -3.67. The van der Waals surface area contributed by atoms with Crippen LogP contribution >= 0.6 is 34.3 Å². The molecule has 3 aromatic rings. The molecule has 0 bridgehead atoms. The zero-order chi connectivity index (χ0) is 21.0. The molecule has 0 aliphatic heterocycles. The van der Waals surface area contributed by atoms with Crippen LogP contribution in [0.1, 0.15) is 20.1 Å². The maximum Gasteiger partial charge on any atom is 0.255 e. The van der Waals surface area contributed by atoms with Crippen molar-refractivity contribution >= 4 is 50.2 Å². The number of thiophene rings is 2. The van der Waals surface area contributed by atoms with Crippen LogP contribution in [0.3, 0.4) is 0 Å². The third kappa shape index (κ3) is 5.26. The van der Waals surface area contributed by atoms with Crippen molar-refractivity contribution in [1.82, 2.24) is 9.21 Å². The second-order valence-corrected chi connectivity index (χ2v) is 11.2. The van der Waals surface area contributed by atoms with Gasteiger partial charge in [0.05, 0.1) is 22.0 Å². The number of hydrogen-bond acceptors (Lipinski definition) is 5. The van der Waals surface area contributed by atoms with Crippen LogP contribution in [0.5, 0.6) is 0 Å². The number of sulfonamides is 1. The monoisotopic (exact) mass is 468 g/mol. The van der Waals surface area contributed by atoms with Gasteiger partial charge < -0.3 is 4.90 Å². The number of amides is 1. The first-order valence-electron chi connectivity index (χ1n) is 8.85. The highest BCUT2D eigenvalue weighted by molar-refractivity contribution is 7.89. The van der Waals surface area contributed by atoms with Crippen molar-refractivity contribution in [2.24, 2.45) is 0 Å². The van der Waals surface area contributed by atoms with Gasteiger partial charge in [0.1, 0.15) is 0 Å². The third-order valence-corrected chi connectivity index (χ3v) is 8.31. The van der Waals surface area contributed by atoms with Gasteiger partial charge in [-0.1, -0.05) is 23.7 Å². The van der Waals surface area contributed by atoms with E-state index in [-0.39, 0.29) is 21.4 Å². The van der Waals surface area contributed by atoms with E-state index in [1.807, 2.05) is 35.0 Å². The average molecular weight is 469 g/mol. The van der Waals surface area contributed by atoms with Crippen LogP contribution < -0.4 is 0 Å². The average Bonchev–Trinajstić information content (AvgIpc) is 3.38. The summed E-state index contributed by atoms with van der Waals surface area (Å²) >= 11 is 9.52. The van der Waals surface area contributed by atoms with E-state index < -0.39 is 10.0 Å². The molecule has 0 saturated carbocycles. The molecule has 0 saturated heterocycles. The molecule has 9 heteroatoms. The molecule has 0 fully saturated rings. The summed E-state index contributed by atoms with van der Waals surface area (Å²) in [5.41, 5.74) is 0.192. The van der Waals surface area contributed by atoms with Gasteiger partial charge in [0, 0.05) is 30.4 Å². The van der Waals surface area contributed by atoms with Gasteiger partial charge in [-0.05, 0) is 47.5 Å². The number of rotatable bonds is 8. The van der Waals surface area contributed by atoms with Crippen molar-refractivity contribution in [3.05, 3.63) is 73.6 Å². The van der Waals surface area contributed by atoms with Gasteiger partial charge in [0.25, 0.3) is 5.91 Å². The highest BCUT2D eigenvalue weighted by atomic mass is 35.5. The van der Waals surface area contributed by atoms with Gasteiger partial charge in [-0.25, -0.2) is 12.7 Å². The van der Waals surface area contributed by atoms with Crippen molar-refractivity contribution in [1.29, 1.82) is 0 Å². The summed E-state index contributed by atoms with van der Waals surface area (Å²) in [4.78, 5) is 17.3. The summed E-state index contributed by atoms with van der Waals surface area (Å²) in [5.74, 6) is -0.282. The minimum absolute atomic E-state index is 0.0459. The fourth-order valence-electron chi connectivity index (χ4n) is 2.75. The molecule has 2 aromatic heterocycles. The van der Waals surface area contributed by atoms with Crippen LogP contribution in [0.15, 0.2) is 58.1 Å². The van der Waals surface area contributed by atoms with E-state index in [0.717, 1.165) is 15.6 Å². The summed E-state index contributed by atoms with van der Waals surface area (Å²) in [5, 5.41) is 4.21. The molecule has 0 spiro atoms. The Bertz CT molecular complexity index is 1060. The van der Waals surface area contributed by atoms with Crippen LogP contribution in [-0.4, -0.2) is 44.2 Å². The Morgan fingerprint density at radius 3 is 2.28 bits per heavy atom. The van der Waals surface area contributed by atoms with Gasteiger partial charge in [0.2, 0.25) is 10.0 Å². The Labute approximate surface area is 184 Å². The molecule has 1 amide bonds. The zero-order valence-corrected chi connectivity index (χ0v) is 19.2. The molecule has 0 aliphatic carbocycles. The number of halogens is 1. The predicted molar refractivity (Wildman–Crippen MR) is 119 cm³/mol. The first kappa shape index (κ1) is 22.0. The highest BCUT2D eigenvalue weighted by Gasteiger charge is 2.24. The summed E-state index contributed by atoms with van der Waals surface area (Å²) in [6, 6.07) is 12.2. The molecule has 29 heavy (non-hydrogen) atoms. The normalized spacial score (nSPS) is 11.7.